The van der Waals surface area contributed by atoms with Crippen LogP contribution in [0.25, 0.3) is 198 Å². The minimum atomic E-state index is 1.11. The highest BCUT2D eigenvalue weighted by Gasteiger charge is 2.26. The zero-order chi connectivity index (χ0) is 65.5. The molecule has 0 aliphatic carbocycles. The van der Waals surface area contributed by atoms with Gasteiger partial charge in [0.25, 0.3) is 0 Å². The highest BCUT2D eigenvalue weighted by molar-refractivity contribution is 6.26. The van der Waals surface area contributed by atoms with E-state index in [1.165, 1.54) is 164 Å². The average molecular weight is 1270 g/mol. The monoisotopic (exact) mass is 1270 g/mol. The molecule has 4 heteroatoms. The molecule has 4 nitrogen and oxygen atoms in total. The minimum Gasteiger partial charge on any atom is -0.309 e. The largest absolute Gasteiger partial charge is 0.309 e. The third-order valence-electron chi connectivity index (χ3n) is 21.3. The van der Waals surface area contributed by atoms with E-state index < -0.39 is 0 Å². The van der Waals surface area contributed by atoms with Gasteiger partial charge < -0.3 is 18.3 Å². The Kier molecular flexibility index (Phi) is 12.4. The van der Waals surface area contributed by atoms with Gasteiger partial charge in [0.05, 0.1) is 44.1 Å². The number of para-hydroxylation sites is 4. The van der Waals surface area contributed by atoms with Gasteiger partial charge in [0, 0.05) is 77.0 Å². The molecule has 0 fully saturated rings. The summed E-state index contributed by atoms with van der Waals surface area (Å²) in [4.78, 5) is 0. The van der Waals surface area contributed by atoms with Gasteiger partial charge in [-0.15, -0.1) is 0 Å². The molecule has 0 aliphatic rings. The molecule has 17 aromatic carbocycles. The second-order valence-electron chi connectivity index (χ2n) is 26.7. The number of aromatic nitrogens is 4. The summed E-state index contributed by atoms with van der Waals surface area (Å²) in [5, 5.41) is 17.0. The maximum Gasteiger partial charge on any atom is 0.0626 e. The smallest absolute Gasteiger partial charge is 0.0626 e. The molecule has 4 aromatic heterocycles. The fourth-order valence-corrected chi connectivity index (χ4v) is 16.8. The van der Waals surface area contributed by atoms with Crippen LogP contribution in [0.4, 0.5) is 0 Å². The van der Waals surface area contributed by atoms with E-state index in [2.05, 4.69) is 382 Å². The quantitative estimate of drug-likeness (QED) is 0.137. The zero-order valence-electron chi connectivity index (χ0n) is 54.4. The Labute approximate surface area is 576 Å². The maximum absolute atomic E-state index is 2.54. The van der Waals surface area contributed by atoms with Crippen LogP contribution in [0, 0.1) is 0 Å². The highest BCUT2D eigenvalue weighted by Crippen LogP contribution is 2.49. The van der Waals surface area contributed by atoms with Crippen molar-refractivity contribution >= 4 is 120 Å². The van der Waals surface area contributed by atoms with Crippen molar-refractivity contribution in [1.82, 2.24) is 18.3 Å². The van der Waals surface area contributed by atoms with Gasteiger partial charge in [0.1, 0.15) is 0 Å². The van der Waals surface area contributed by atoms with Crippen molar-refractivity contribution in [2.24, 2.45) is 0 Å². The van der Waals surface area contributed by atoms with Crippen molar-refractivity contribution in [3.05, 3.63) is 364 Å². The number of rotatable bonds is 9. The second kappa shape index (κ2) is 22.1. The van der Waals surface area contributed by atoms with Gasteiger partial charge in [-0.3, -0.25) is 0 Å². The number of hydrogen-bond acceptors (Lipinski definition) is 0. The molecule has 0 unspecified atom stereocenters. The maximum atomic E-state index is 2.54. The molecule has 0 aliphatic heterocycles. The third kappa shape index (κ3) is 8.54. The van der Waals surface area contributed by atoms with Crippen molar-refractivity contribution in [2.45, 2.75) is 0 Å². The summed E-state index contributed by atoms with van der Waals surface area (Å²) in [6.45, 7) is 0. The summed E-state index contributed by atoms with van der Waals surface area (Å²) in [7, 11) is 0. The first-order valence-electron chi connectivity index (χ1n) is 34.5. The predicted octanol–water partition coefficient (Wildman–Crippen LogP) is 25.9. The minimum absolute atomic E-state index is 1.11. The fourth-order valence-electron chi connectivity index (χ4n) is 16.8. The van der Waals surface area contributed by atoms with Crippen LogP contribution in [-0.2, 0) is 0 Å². The van der Waals surface area contributed by atoms with Crippen LogP contribution in [0.5, 0.6) is 0 Å². The number of benzene rings is 17. The molecule has 0 N–H and O–H groups in total. The molecular weight excluding hydrogens is 1210 g/mol. The molecule has 464 valence electrons. The SMILES string of the molecule is c1ccc(-c2ccc(-n3c4ccccc4c4cc5ccccc5c(-c5ccc6c(c5)c5ccccc5n6-c5ccc6cc(-c7cccc8c7c7cc9ccccc9c(-c9ccc%10c(c9)c9ccccc9n%10-c9ccccc9)c7n8-c7ccc(-c8ccccc8)cc7)ccc6c5)c43)cc2)cc1. The van der Waals surface area contributed by atoms with Gasteiger partial charge in [-0.1, -0.05) is 249 Å². The van der Waals surface area contributed by atoms with Crippen molar-refractivity contribution in [2.75, 3.05) is 0 Å². The first-order valence-corrected chi connectivity index (χ1v) is 34.5. The van der Waals surface area contributed by atoms with E-state index in [1.54, 1.807) is 0 Å². The van der Waals surface area contributed by atoms with E-state index in [-0.39, 0.29) is 0 Å². The van der Waals surface area contributed by atoms with Crippen molar-refractivity contribution in [3.63, 3.8) is 0 Å². The summed E-state index contributed by atoms with van der Waals surface area (Å²) in [5.41, 5.74) is 25.9. The van der Waals surface area contributed by atoms with Gasteiger partial charge in [0.2, 0.25) is 0 Å². The molecule has 21 rings (SSSR count). The van der Waals surface area contributed by atoms with E-state index in [0.717, 1.165) is 33.8 Å². The Morgan fingerprint density at radius 3 is 1.10 bits per heavy atom. The molecule has 21 aromatic rings. The Bertz CT molecular complexity index is 6910. The van der Waals surface area contributed by atoms with Crippen LogP contribution in [0.15, 0.2) is 364 Å². The molecular formula is C96H60N4. The average Bonchev–Trinajstić information content (AvgIpc) is 1.55. The molecule has 0 amide bonds. The lowest BCUT2D eigenvalue weighted by atomic mass is 9.92. The summed E-state index contributed by atoms with van der Waals surface area (Å²) >= 11 is 0. The van der Waals surface area contributed by atoms with E-state index in [9.17, 15) is 0 Å². The van der Waals surface area contributed by atoms with Crippen LogP contribution < -0.4 is 0 Å². The molecule has 0 radical (unpaired) electrons. The lowest BCUT2D eigenvalue weighted by Crippen LogP contribution is -1.97. The van der Waals surface area contributed by atoms with Crippen LogP contribution in [0.3, 0.4) is 0 Å². The van der Waals surface area contributed by atoms with Crippen LogP contribution in [0.2, 0.25) is 0 Å². The summed E-state index contributed by atoms with van der Waals surface area (Å²) in [5.74, 6) is 0. The summed E-state index contributed by atoms with van der Waals surface area (Å²) in [6.07, 6.45) is 0. The van der Waals surface area contributed by atoms with E-state index in [0.29, 0.717) is 0 Å². The van der Waals surface area contributed by atoms with Crippen LogP contribution in [-0.4, -0.2) is 18.3 Å². The van der Waals surface area contributed by atoms with Gasteiger partial charge in [0.15, 0.2) is 0 Å². The van der Waals surface area contributed by atoms with Crippen molar-refractivity contribution < 1.29 is 0 Å². The van der Waals surface area contributed by atoms with Crippen molar-refractivity contribution in [1.29, 1.82) is 0 Å². The van der Waals surface area contributed by atoms with Gasteiger partial charge in [-0.05, 0) is 192 Å². The number of hydrogen-bond donors (Lipinski definition) is 0. The number of fused-ring (bicyclic) bond motifs is 15. The highest BCUT2D eigenvalue weighted by atomic mass is 15.0. The molecule has 4 heterocycles. The normalized spacial score (nSPS) is 12.0. The lowest BCUT2D eigenvalue weighted by molar-refractivity contribution is 1.18. The Balaban J connectivity index is 0.726. The van der Waals surface area contributed by atoms with Crippen molar-refractivity contribution in [3.8, 4) is 78.4 Å². The first-order chi connectivity index (χ1) is 49.6. The van der Waals surface area contributed by atoms with E-state index in [4.69, 9.17) is 0 Å². The first kappa shape index (κ1) is 55.9. The molecule has 0 atom stereocenters. The zero-order valence-corrected chi connectivity index (χ0v) is 54.4. The van der Waals surface area contributed by atoms with Gasteiger partial charge in [-0.25, -0.2) is 0 Å². The number of nitrogens with zero attached hydrogens (tertiary/aromatic N) is 4. The molecule has 0 saturated carbocycles. The summed E-state index contributed by atoms with van der Waals surface area (Å²) in [6, 6.07) is 135. The summed E-state index contributed by atoms with van der Waals surface area (Å²) < 4.78 is 9.91. The molecule has 0 bridgehead atoms. The van der Waals surface area contributed by atoms with E-state index >= 15 is 0 Å². The lowest BCUT2D eigenvalue weighted by Gasteiger charge is -2.15. The topological polar surface area (TPSA) is 19.7 Å². The molecule has 0 spiro atoms. The van der Waals surface area contributed by atoms with Crippen LogP contribution >= 0.6 is 0 Å². The van der Waals surface area contributed by atoms with E-state index in [1.807, 2.05) is 0 Å². The third-order valence-corrected chi connectivity index (χ3v) is 21.3. The molecule has 0 saturated heterocycles. The Morgan fingerprint density at radius 2 is 0.530 bits per heavy atom. The van der Waals surface area contributed by atoms with Gasteiger partial charge >= 0.3 is 0 Å². The Morgan fingerprint density at radius 1 is 0.160 bits per heavy atom. The van der Waals surface area contributed by atoms with Gasteiger partial charge in [-0.2, -0.15) is 0 Å². The standard InChI is InChI=1S/C96H60N4/c1-4-21-61(22-5-1)63-41-48-73(49-42-63)99-88-37-19-16-33-81(88)84-57-67-25-10-12-29-76(67)92(95(84)99)70-47-54-90-83(59-70)80-32-15-18-36-87(80)98(90)75-52-45-65-55-69(40-39-66(65)56-75)78-34-20-38-91-94(78)85-58-68-26-11-13-30-77(68)93(96(85)100(91)74-50-43-64(44-51-74)62-23-6-2-7-24-62)71-46-53-89-82(60-71)79-31-14-17-35-86(79)97(89)72-27-8-3-9-28-72/h1-60H. The Hall–Kier alpha value is -13.3. The van der Waals surface area contributed by atoms with Crippen LogP contribution in [0.1, 0.15) is 0 Å². The predicted molar refractivity (Wildman–Crippen MR) is 423 cm³/mol. The fraction of sp³-hybridized carbons (Fsp3) is 0. The molecule has 100 heavy (non-hydrogen) atoms. The second-order valence-corrected chi connectivity index (χ2v) is 26.7.